The summed E-state index contributed by atoms with van der Waals surface area (Å²) < 4.78 is 0. The molecule has 92 valence electrons. The molecule has 1 heterocycles. The summed E-state index contributed by atoms with van der Waals surface area (Å²) in [4.78, 5) is 11.5. The molecule has 1 aliphatic rings. The Morgan fingerprint density at radius 3 is 2.88 bits per heavy atom. The van der Waals surface area contributed by atoms with Gasteiger partial charge in [-0.15, -0.1) is 0 Å². The molecule has 3 nitrogen and oxygen atoms in total. The second-order valence-corrected chi connectivity index (χ2v) is 4.69. The van der Waals surface area contributed by atoms with E-state index in [0.29, 0.717) is 5.56 Å². The topological polar surface area (TPSA) is 49.3 Å². The predicted octanol–water partition coefficient (Wildman–Crippen LogP) is 1.92. The van der Waals surface area contributed by atoms with Crippen molar-refractivity contribution in [3.05, 3.63) is 35.4 Å². The minimum atomic E-state index is -0.539. The van der Waals surface area contributed by atoms with E-state index in [9.17, 15) is 9.90 Å². The van der Waals surface area contributed by atoms with Gasteiger partial charge in [0.15, 0.2) is 5.78 Å². The number of nitrogens with one attached hydrogen (secondary N) is 1. The lowest BCUT2D eigenvalue weighted by atomic mass is 9.87. The maximum Gasteiger partial charge on any atom is 0.160 e. The van der Waals surface area contributed by atoms with Crippen molar-refractivity contribution in [1.29, 1.82) is 0 Å². The summed E-state index contributed by atoms with van der Waals surface area (Å²) in [6.07, 6.45) is 1.56. The number of hydrogen-bond acceptors (Lipinski definition) is 3. The van der Waals surface area contributed by atoms with Crippen LogP contribution in [0.25, 0.3) is 0 Å². The first kappa shape index (κ1) is 12.3. The number of benzene rings is 1. The smallest absolute Gasteiger partial charge is 0.160 e. The molecule has 1 fully saturated rings. The van der Waals surface area contributed by atoms with Crippen molar-refractivity contribution in [2.75, 3.05) is 13.1 Å². The Morgan fingerprint density at radius 1 is 1.47 bits per heavy atom. The molecule has 0 spiro atoms. The summed E-state index contributed by atoms with van der Waals surface area (Å²) in [5.74, 6) is 0.229. The molecule has 1 aliphatic heterocycles. The summed E-state index contributed by atoms with van der Waals surface area (Å²) in [5, 5.41) is 13.7. The summed E-state index contributed by atoms with van der Waals surface area (Å²) in [7, 11) is 0. The predicted molar refractivity (Wildman–Crippen MR) is 67.0 cm³/mol. The third kappa shape index (κ3) is 2.73. The van der Waals surface area contributed by atoms with Gasteiger partial charge in [0.05, 0.1) is 6.10 Å². The van der Waals surface area contributed by atoms with E-state index in [4.69, 9.17) is 0 Å². The summed E-state index contributed by atoms with van der Waals surface area (Å²) >= 11 is 0. The molecule has 0 aliphatic carbocycles. The van der Waals surface area contributed by atoms with Crippen molar-refractivity contribution < 1.29 is 9.90 Å². The molecule has 17 heavy (non-hydrogen) atoms. The standard InChI is InChI=1S/C14H19NO2/c1-10(16)12-6-2-3-7-13(12)14(17)11-5-4-8-15-9-11/h2-3,6-7,11,14-15,17H,4-5,8-9H2,1H3. The fourth-order valence-electron chi connectivity index (χ4n) is 2.48. The highest BCUT2D eigenvalue weighted by Crippen LogP contribution is 2.29. The van der Waals surface area contributed by atoms with Crippen LogP contribution in [0.4, 0.5) is 0 Å². The molecule has 3 heteroatoms. The molecule has 1 saturated heterocycles. The van der Waals surface area contributed by atoms with Gasteiger partial charge in [-0.1, -0.05) is 24.3 Å². The normalized spacial score (nSPS) is 22.1. The molecular formula is C14H19NO2. The molecule has 1 aromatic carbocycles. The molecule has 2 N–H and O–H groups in total. The van der Waals surface area contributed by atoms with Gasteiger partial charge in [0.1, 0.15) is 0 Å². The van der Waals surface area contributed by atoms with Crippen LogP contribution in [0.3, 0.4) is 0 Å². The summed E-state index contributed by atoms with van der Waals surface area (Å²) in [5.41, 5.74) is 1.42. The Kier molecular flexibility index (Phi) is 3.92. The Balaban J connectivity index is 2.23. The van der Waals surface area contributed by atoms with Gasteiger partial charge in [-0.3, -0.25) is 4.79 Å². The van der Waals surface area contributed by atoms with Crippen LogP contribution in [0.1, 0.15) is 41.8 Å². The monoisotopic (exact) mass is 233 g/mol. The van der Waals surface area contributed by atoms with Crippen molar-refractivity contribution >= 4 is 5.78 Å². The van der Waals surface area contributed by atoms with E-state index in [0.717, 1.165) is 31.5 Å². The first-order valence-corrected chi connectivity index (χ1v) is 6.19. The van der Waals surface area contributed by atoms with E-state index in [1.54, 1.807) is 13.0 Å². The fraction of sp³-hybridized carbons (Fsp3) is 0.500. The lowest BCUT2D eigenvalue weighted by Gasteiger charge is -2.28. The Morgan fingerprint density at radius 2 is 2.24 bits per heavy atom. The SMILES string of the molecule is CC(=O)c1ccccc1C(O)C1CCCNC1. The molecule has 0 aromatic heterocycles. The zero-order valence-corrected chi connectivity index (χ0v) is 10.1. The van der Waals surface area contributed by atoms with Gasteiger partial charge >= 0.3 is 0 Å². The summed E-state index contributed by atoms with van der Waals surface area (Å²) in [6, 6.07) is 7.36. The molecule has 2 unspecified atom stereocenters. The highest BCUT2D eigenvalue weighted by Gasteiger charge is 2.25. The van der Waals surface area contributed by atoms with Crippen molar-refractivity contribution in [2.45, 2.75) is 25.9 Å². The van der Waals surface area contributed by atoms with E-state index in [1.165, 1.54) is 0 Å². The van der Waals surface area contributed by atoms with E-state index in [1.807, 2.05) is 18.2 Å². The molecule has 0 amide bonds. The van der Waals surface area contributed by atoms with Gasteiger partial charge in [0.25, 0.3) is 0 Å². The maximum atomic E-state index is 11.5. The first-order valence-electron chi connectivity index (χ1n) is 6.19. The first-order chi connectivity index (χ1) is 8.20. The Labute approximate surface area is 102 Å². The van der Waals surface area contributed by atoms with Gasteiger partial charge in [-0.25, -0.2) is 0 Å². The van der Waals surface area contributed by atoms with E-state index >= 15 is 0 Å². The quantitative estimate of drug-likeness (QED) is 0.784. The van der Waals surface area contributed by atoms with Crippen molar-refractivity contribution in [2.24, 2.45) is 5.92 Å². The van der Waals surface area contributed by atoms with Crippen molar-refractivity contribution in [3.63, 3.8) is 0 Å². The van der Waals surface area contributed by atoms with E-state index in [-0.39, 0.29) is 11.7 Å². The number of rotatable bonds is 3. The number of carbonyl (C=O) groups excluding carboxylic acids is 1. The van der Waals surface area contributed by atoms with Crippen LogP contribution in [-0.2, 0) is 0 Å². The third-order valence-corrected chi connectivity index (χ3v) is 3.44. The lowest BCUT2D eigenvalue weighted by molar-refractivity contribution is 0.0880. The maximum absolute atomic E-state index is 11.5. The summed E-state index contributed by atoms with van der Waals surface area (Å²) in [6.45, 7) is 3.40. The Bertz CT molecular complexity index is 397. The average Bonchev–Trinajstić information content (AvgIpc) is 2.39. The Hall–Kier alpha value is -1.19. The van der Waals surface area contributed by atoms with Crippen LogP contribution in [0.5, 0.6) is 0 Å². The second-order valence-electron chi connectivity index (χ2n) is 4.69. The van der Waals surface area contributed by atoms with Gasteiger partial charge in [0.2, 0.25) is 0 Å². The number of ketones is 1. The van der Waals surface area contributed by atoms with Gasteiger partial charge in [0, 0.05) is 18.0 Å². The van der Waals surface area contributed by atoms with Crippen LogP contribution in [0, 0.1) is 5.92 Å². The van der Waals surface area contributed by atoms with Gasteiger partial charge < -0.3 is 10.4 Å². The van der Waals surface area contributed by atoms with Crippen molar-refractivity contribution in [3.8, 4) is 0 Å². The van der Waals surface area contributed by atoms with Crippen LogP contribution in [0.2, 0.25) is 0 Å². The average molecular weight is 233 g/mol. The number of piperidine rings is 1. The highest BCUT2D eigenvalue weighted by atomic mass is 16.3. The number of Topliss-reactive ketones (excluding diaryl/α,β-unsaturated/α-hetero) is 1. The molecule has 2 rings (SSSR count). The van der Waals surface area contributed by atoms with Crippen LogP contribution < -0.4 is 5.32 Å². The van der Waals surface area contributed by atoms with Gasteiger partial charge in [-0.2, -0.15) is 0 Å². The molecular weight excluding hydrogens is 214 g/mol. The second kappa shape index (κ2) is 5.43. The van der Waals surface area contributed by atoms with Gasteiger partial charge in [-0.05, 0) is 31.9 Å². The van der Waals surface area contributed by atoms with E-state index in [2.05, 4.69) is 5.32 Å². The number of aliphatic hydroxyl groups excluding tert-OH is 1. The molecule has 2 atom stereocenters. The zero-order chi connectivity index (χ0) is 12.3. The fourth-order valence-corrected chi connectivity index (χ4v) is 2.48. The molecule has 0 bridgehead atoms. The number of carbonyl (C=O) groups is 1. The van der Waals surface area contributed by atoms with Crippen LogP contribution in [0.15, 0.2) is 24.3 Å². The highest BCUT2D eigenvalue weighted by molar-refractivity contribution is 5.95. The lowest BCUT2D eigenvalue weighted by Crippen LogP contribution is -2.33. The minimum absolute atomic E-state index is 0.0171. The zero-order valence-electron chi connectivity index (χ0n) is 10.1. The molecule has 0 saturated carbocycles. The molecule has 1 aromatic rings. The molecule has 0 radical (unpaired) electrons. The largest absolute Gasteiger partial charge is 0.388 e. The number of hydrogen-bond donors (Lipinski definition) is 2. The van der Waals surface area contributed by atoms with E-state index < -0.39 is 6.10 Å². The van der Waals surface area contributed by atoms with Crippen molar-refractivity contribution in [1.82, 2.24) is 5.32 Å². The minimum Gasteiger partial charge on any atom is -0.388 e. The van der Waals surface area contributed by atoms with Crippen LogP contribution in [-0.4, -0.2) is 24.0 Å². The van der Waals surface area contributed by atoms with Crippen LogP contribution >= 0.6 is 0 Å². The third-order valence-electron chi connectivity index (χ3n) is 3.44. The number of aliphatic hydroxyl groups is 1.